The molecule has 0 bridgehead atoms. The largest absolute Gasteiger partial charge is 0.310 e. The maximum atomic E-state index is 12.7. The molecule has 3 aromatic rings. The molecule has 0 fully saturated rings. The summed E-state index contributed by atoms with van der Waals surface area (Å²) in [6, 6.07) is 15.8. The fourth-order valence-corrected chi connectivity index (χ4v) is 5.18. The summed E-state index contributed by atoms with van der Waals surface area (Å²) in [6.07, 6.45) is 0.925. The first-order chi connectivity index (χ1) is 13.8. The standard InChI is InChI=1S/C22H23N3O3S/c1-15-8-10-20(16(2)12-15)25-22(18-13-29(27,28)14-19(18)24-25)23-21(26)11-9-17-6-4-3-5-7-17/h3-8,10,12H,9,11,13-14H2,1-2H3,(H,23,26). The molecule has 2 aromatic carbocycles. The van der Waals surface area contributed by atoms with Crippen molar-refractivity contribution in [2.45, 2.75) is 38.2 Å². The predicted octanol–water partition coefficient (Wildman–Crippen LogP) is 3.49. The van der Waals surface area contributed by atoms with Gasteiger partial charge in [0.05, 0.1) is 22.9 Å². The van der Waals surface area contributed by atoms with E-state index in [4.69, 9.17) is 0 Å². The lowest BCUT2D eigenvalue weighted by molar-refractivity contribution is -0.116. The fourth-order valence-electron chi connectivity index (χ4n) is 3.69. The van der Waals surface area contributed by atoms with Crippen LogP contribution in [0.15, 0.2) is 48.5 Å². The van der Waals surface area contributed by atoms with E-state index in [0.717, 1.165) is 22.4 Å². The Kier molecular flexibility index (Phi) is 5.00. The SMILES string of the molecule is Cc1ccc(-n2nc3c(c2NC(=O)CCc2ccccc2)CS(=O)(=O)C3)c(C)c1. The number of sulfone groups is 1. The highest BCUT2D eigenvalue weighted by atomic mass is 32.2. The quantitative estimate of drug-likeness (QED) is 0.699. The second kappa shape index (κ2) is 7.48. The first kappa shape index (κ1) is 19.4. The molecule has 0 atom stereocenters. The van der Waals surface area contributed by atoms with Crippen molar-refractivity contribution in [3.05, 3.63) is 76.5 Å². The van der Waals surface area contributed by atoms with Gasteiger partial charge in [-0.1, -0.05) is 48.0 Å². The number of hydrogen-bond acceptors (Lipinski definition) is 4. The van der Waals surface area contributed by atoms with Gasteiger partial charge in [0, 0.05) is 12.0 Å². The zero-order chi connectivity index (χ0) is 20.6. The molecular weight excluding hydrogens is 386 g/mol. The van der Waals surface area contributed by atoms with Gasteiger partial charge in [-0.2, -0.15) is 5.10 Å². The molecule has 1 amide bonds. The van der Waals surface area contributed by atoms with Gasteiger partial charge < -0.3 is 5.32 Å². The number of aryl methyl sites for hydroxylation is 3. The third-order valence-corrected chi connectivity index (χ3v) is 6.55. The van der Waals surface area contributed by atoms with Crippen molar-refractivity contribution < 1.29 is 13.2 Å². The average Bonchev–Trinajstić information content (AvgIpc) is 3.13. The molecule has 0 unspecified atom stereocenters. The summed E-state index contributed by atoms with van der Waals surface area (Å²) in [7, 11) is -3.22. The van der Waals surface area contributed by atoms with Gasteiger partial charge in [0.15, 0.2) is 9.84 Å². The van der Waals surface area contributed by atoms with Crippen LogP contribution in [0, 0.1) is 13.8 Å². The molecule has 1 aliphatic rings. The summed E-state index contributed by atoms with van der Waals surface area (Å²) in [5.74, 6) is 0.118. The number of benzene rings is 2. The molecule has 7 heteroatoms. The molecule has 0 spiro atoms. The second-order valence-electron chi connectivity index (χ2n) is 7.54. The van der Waals surface area contributed by atoms with E-state index in [-0.39, 0.29) is 17.4 Å². The van der Waals surface area contributed by atoms with Crippen molar-refractivity contribution in [2.75, 3.05) is 5.32 Å². The highest BCUT2D eigenvalue weighted by Gasteiger charge is 2.33. The molecule has 1 aromatic heterocycles. The maximum absolute atomic E-state index is 12.7. The summed E-state index contributed by atoms with van der Waals surface area (Å²) in [5, 5.41) is 7.48. The van der Waals surface area contributed by atoms with Gasteiger partial charge in [0.25, 0.3) is 0 Å². The molecular formula is C22H23N3O3S. The van der Waals surface area contributed by atoms with Crippen molar-refractivity contribution in [2.24, 2.45) is 0 Å². The van der Waals surface area contributed by atoms with Crippen LogP contribution in [-0.2, 0) is 32.6 Å². The molecule has 0 saturated carbocycles. The molecule has 0 saturated heterocycles. The summed E-state index contributed by atoms with van der Waals surface area (Å²) < 4.78 is 25.9. The molecule has 1 aliphatic heterocycles. The van der Waals surface area contributed by atoms with Crippen molar-refractivity contribution in [3.8, 4) is 5.69 Å². The number of amides is 1. The third kappa shape index (κ3) is 4.10. The predicted molar refractivity (Wildman–Crippen MR) is 113 cm³/mol. The van der Waals surface area contributed by atoms with Gasteiger partial charge in [0.2, 0.25) is 5.91 Å². The van der Waals surface area contributed by atoms with Gasteiger partial charge in [-0.05, 0) is 37.5 Å². The number of carbonyl (C=O) groups excluding carboxylic acids is 1. The Balaban J connectivity index is 1.65. The van der Waals surface area contributed by atoms with Gasteiger partial charge >= 0.3 is 0 Å². The highest BCUT2D eigenvalue weighted by Crippen LogP contribution is 2.33. The Labute approximate surface area is 170 Å². The van der Waals surface area contributed by atoms with E-state index >= 15 is 0 Å². The van der Waals surface area contributed by atoms with E-state index < -0.39 is 9.84 Å². The Morgan fingerprint density at radius 1 is 1.10 bits per heavy atom. The molecule has 2 heterocycles. The number of aromatic nitrogens is 2. The van der Waals surface area contributed by atoms with E-state index in [2.05, 4.69) is 10.4 Å². The molecule has 29 heavy (non-hydrogen) atoms. The smallest absolute Gasteiger partial charge is 0.225 e. The lowest BCUT2D eigenvalue weighted by Gasteiger charge is -2.13. The normalized spacial score (nSPS) is 14.6. The van der Waals surface area contributed by atoms with Crippen LogP contribution in [0.5, 0.6) is 0 Å². The van der Waals surface area contributed by atoms with Crippen LogP contribution < -0.4 is 5.32 Å². The topological polar surface area (TPSA) is 81.1 Å². The minimum Gasteiger partial charge on any atom is -0.310 e. The van der Waals surface area contributed by atoms with Crippen LogP contribution in [0.4, 0.5) is 5.82 Å². The number of anilines is 1. The van der Waals surface area contributed by atoms with Gasteiger partial charge in [-0.25, -0.2) is 13.1 Å². The Bertz CT molecular complexity index is 1180. The van der Waals surface area contributed by atoms with E-state index in [1.165, 1.54) is 0 Å². The molecule has 0 radical (unpaired) electrons. The van der Waals surface area contributed by atoms with Crippen LogP contribution in [0.2, 0.25) is 0 Å². The first-order valence-electron chi connectivity index (χ1n) is 9.55. The molecule has 0 aliphatic carbocycles. The van der Waals surface area contributed by atoms with Crippen LogP contribution in [0.3, 0.4) is 0 Å². The summed E-state index contributed by atoms with van der Waals surface area (Å²) >= 11 is 0. The number of hydrogen-bond donors (Lipinski definition) is 1. The van der Waals surface area contributed by atoms with Crippen molar-refractivity contribution in [3.63, 3.8) is 0 Å². The van der Waals surface area contributed by atoms with E-state index in [0.29, 0.717) is 29.9 Å². The number of carbonyl (C=O) groups is 1. The minimum atomic E-state index is -3.22. The van der Waals surface area contributed by atoms with Gasteiger partial charge in [0.1, 0.15) is 5.82 Å². The van der Waals surface area contributed by atoms with Crippen molar-refractivity contribution in [1.29, 1.82) is 0 Å². The zero-order valence-corrected chi connectivity index (χ0v) is 17.3. The molecule has 1 N–H and O–H groups in total. The summed E-state index contributed by atoms with van der Waals surface area (Å²) in [6.45, 7) is 3.99. The zero-order valence-electron chi connectivity index (χ0n) is 16.5. The average molecular weight is 410 g/mol. The lowest BCUT2D eigenvalue weighted by atomic mass is 10.1. The summed E-state index contributed by atoms with van der Waals surface area (Å²) in [5.41, 5.74) is 5.16. The fraction of sp³-hybridized carbons (Fsp3) is 0.273. The maximum Gasteiger partial charge on any atom is 0.225 e. The number of rotatable bonds is 5. The Morgan fingerprint density at radius 3 is 2.59 bits per heavy atom. The van der Waals surface area contributed by atoms with E-state index in [1.54, 1.807) is 4.68 Å². The molecule has 6 nitrogen and oxygen atoms in total. The monoisotopic (exact) mass is 409 g/mol. The van der Waals surface area contributed by atoms with Crippen LogP contribution in [-0.4, -0.2) is 24.1 Å². The van der Waals surface area contributed by atoms with Crippen LogP contribution in [0.1, 0.15) is 34.4 Å². The molecule has 4 rings (SSSR count). The van der Waals surface area contributed by atoms with Crippen LogP contribution >= 0.6 is 0 Å². The third-order valence-electron chi connectivity index (χ3n) is 5.11. The van der Waals surface area contributed by atoms with Gasteiger partial charge in [-0.3, -0.25) is 4.79 Å². The van der Waals surface area contributed by atoms with Crippen LogP contribution in [0.25, 0.3) is 5.69 Å². The lowest BCUT2D eigenvalue weighted by Crippen LogP contribution is -2.17. The first-order valence-corrected chi connectivity index (χ1v) is 11.4. The van der Waals surface area contributed by atoms with E-state index in [9.17, 15) is 13.2 Å². The minimum absolute atomic E-state index is 0.0902. The Hall–Kier alpha value is -2.93. The van der Waals surface area contributed by atoms with Crippen molar-refractivity contribution >= 4 is 21.6 Å². The number of nitrogens with zero attached hydrogens (tertiary/aromatic N) is 2. The van der Waals surface area contributed by atoms with Gasteiger partial charge in [-0.15, -0.1) is 0 Å². The summed E-state index contributed by atoms with van der Waals surface area (Å²) in [4.78, 5) is 12.7. The Morgan fingerprint density at radius 2 is 1.86 bits per heavy atom. The second-order valence-corrected chi connectivity index (χ2v) is 9.61. The number of fused-ring (bicyclic) bond motifs is 1. The van der Waals surface area contributed by atoms with E-state index in [1.807, 2.05) is 62.4 Å². The molecule has 150 valence electrons. The number of nitrogens with one attached hydrogen (secondary N) is 1. The highest BCUT2D eigenvalue weighted by molar-refractivity contribution is 7.90. The van der Waals surface area contributed by atoms with Crippen molar-refractivity contribution in [1.82, 2.24) is 9.78 Å².